The molecule has 2 aromatic rings. The quantitative estimate of drug-likeness (QED) is 0.222. The van der Waals surface area contributed by atoms with E-state index in [1.54, 1.807) is 19.1 Å². The van der Waals surface area contributed by atoms with E-state index in [4.69, 9.17) is 9.26 Å². The van der Waals surface area contributed by atoms with Crippen molar-refractivity contribution in [1.82, 2.24) is 9.64 Å². The number of imide groups is 1. The molecule has 2 amide bonds. The summed E-state index contributed by atoms with van der Waals surface area (Å²) in [7, 11) is 0. The topological polar surface area (TPSA) is 116 Å². The van der Waals surface area contributed by atoms with Gasteiger partial charge in [-0.3, -0.25) is 19.3 Å². The fourth-order valence-electron chi connectivity index (χ4n) is 4.50. The number of hydrogen-bond donors (Lipinski definition) is 0. The molecule has 0 N–H and O–H groups in total. The molecule has 0 bridgehead atoms. The standard InChI is InChI=1S/C27H34N2O7/c1-4-6-7-8-9-10-11-12-17-21(28-23(30)19-15-13-14-16-20(19)24(28)31)25(32)29-22(27(34)35-5-2)18(3)26(33)36-29/h13-16,21H,4-12,17H2,1-3H3/t21-/m1/s1. The molecule has 1 aliphatic heterocycles. The minimum Gasteiger partial charge on any atom is -0.461 e. The van der Waals surface area contributed by atoms with E-state index in [-0.39, 0.29) is 35.4 Å². The zero-order valence-corrected chi connectivity index (χ0v) is 21.2. The maximum absolute atomic E-state index is 13.7. The number of fused-ring (bicyclic) bond motifs is 1. The summed E-state index contributed by atoms with van der Waals surface area (Å²) in [5.41, 5.74) is -0.835. The van der Waals surface area contributed by atoms with Gasteiger partial charge >= 0.3 is 11.6 Å². The Morgan fingerprint density at radius 3 is 2.00 bits per heavy atom. The number of amides is 2. The van der Waals surface area contributed by atoms with Crippen molar-refractivity contribution in [3.63, 3.8) is 0 Å². The van der Waals surface area contributed by atoms with E-state index in [0.29, 0.717) is 11.2 Å². The molecule has 0 fully saturated rings. The third kappa shape index (κ3) is 5.66. The molecule has 1 aliphatic rings. The molecule has 0 saturated carbocycles. The van der Waals surface area contributed by atoms with Crippen LogP contribution < -0.4 is 5.63 Å². The van der Waals surface area contributed by atoms with Gasteiger partial charge in [-0.15, -0.1) is 4.74 Å². The van der Waals surface area contributed by atoms with Crippen LogP contribution in [0.1, 0.15) is 113 Å². The lowest BCUT2D eigenvalue weighted by Gasteiger charge is -2.25. The Kier molecular flexibility index (Phi) is 9.38. The van der Waals surface area contributed by atoms with Gasteiger partial charge in [0.15, 0.2) is 5.69 Å². The summed E-state index contributed by atoms with van der Waals surface area (Å²) in [5.74, 6) is -2.89. The predicted molar refractivity (Wildman–Crippen MR) is 132 cm³/mol. The lowest BCUT2D eigenvalue weighted by molar-refractivity contribution is 0.0413. The third-order valence-corrected chi connectivity index (χ3v) is 6.46. The van der Waals surface area contributed by atoms with Crippen molar-refractivity contribution in [2.75, 3.05) is 6.61 Å². The number of rotatable bonds is 13. The Morgan fingerprint density at radius 1 is 0.889 bits per heavy atom. The van der Waals surface area contributed by atoms with Crippen LogP contribution in [0.5, 0.6) is 0 Å². The molecule has 36 heavy (non-hydrogen) atoms. The fraction of sp³-hybridized carbons (Fsp3) is 0.519. The van der Waals surface area contributed by atoms with Crippen molar-refractivity contribution in [1.29, 1.82) is 0 Å². The van der Waals surface area contributed by atoms with Crippen LogP contribution in [0, 0.1) is 6.92 Å². The van der Waals surface area contributed by atoms with Gasteiger partial charge in [0.25, 0.3) is 17.7 Å². The molecule has 1 aromatic heterocycles. The second-order valence-electron chi connectivity index (χ2n) is 9.01. The number of carbonyl (C=O) groups excluding carboxylic acids is 4. The maximum atomic E-state index is 13.7. The highest BCUT2D eigenvalue weighted by Crippen LogP contribution is 2.28. The van der Waals surface area contributed by atoms with Crippen molar-refractivity contribution >= 4 is 23.7 Å². The van der Waals surface area contributed by atoms with Gasteiger partial charge < -0.3 is 9.26 Å². The Hall–Kier alpha value is -3.49. The van der Waals surface area contributed by atoms with Crippen molar-refractivity contribution < 1.29 is 28.4 Å². The molecule has 1 atom stereocenters. The molecule has 3 rings (SSSR count). The third-order valence-electron chi connectivity index (χ3n) is 6.46. The van der Waals surface area contributed by atoms with E-state index in [1.165, 1.54) is 38.3 Å². The molecule has 194 valence electrons. The molecule has 0 radical (unpaired) electrons. The molecular weight excluding hydrogens is 464 g/mol. The second-order valence-corrected chi connectivity index (χ2v) is 9.01. The van der Waals surface area contributed by atoms with Gasteiger partial charge in [0, 0.05) is 0 Å². The molecular formula is C27H34N2O7. The normalized spacial score (nSPS) is 13.7. The minimum absolute atomic E-state index is 0.0337. The van der Waals surface area contributed by atoms with Crippen molar-refractivity contribution in [2.24, 2.45) is 0 Å². The number of carbonyl (C=O) groups is 4. The van der Waals surface area contributed by atoms with E-state index >= 15 is 0 Å². The molecule has 0 saturated heterocycles. The van der Waals surface area contributed by atoms with E-state index in [9.17, 15) is 24.0 Å². The average Bonchev–Trinajstić information content (AvgIpc) is 3.31. The lowest BCUT2D eigenvalue weighted by Crippen LogP contribution is -2.47. The number of ether oxygens (including phenoxy) is 1. The summed E-state index contributed by atoms with van der Waals surface area (Å²) in [6, 6.07) is 5.14. The molecule has 0 unspecified atom stereocenters. The van der Waals surface area contributed by atoms with Gasteiger partial charge in [-0.05, 0) is 32.4 Å². The highest BCUT2D eigenvalue weighted by molar-refractivity contribution is 6.23. The monoisotopic (exact) mass is 498 g/mol. The molecule has 1 aromatic carbocycles. The number of unbranched alkanes of at least 4 members (excludes halogenated alkanes) is 7. The Balaban J connectivity index is 1.86. The Bertz CT molecular complexity index is 1140. The van der Waals surface area contributed by atoms with Crippen molar-refractivity contribution in [3.8, 4) is 0 Å². The first-order valence-corrected chi connectivity index (χ1v) is 12.7. The summed E-state index contributed by atoms with van der Waals surface area (Å²) in [6.07, 6.45) is 8.34. The van der Waals surface area contributed by atoms with E-state index < -0.39 is 35.4 Å². The Labute approximate surface area is 210 Å². The van der Waals surface area contributed by atoms with Crippen LogP contribution in [0.3, 0.4) is 0 Å². The number of esters is 1. The maximum Gasteiger partial charge on any atom is 0.362 e. The van der Waals surface area contributed by atoms with E-state index in [0.717, 1.165) is 30.6 Å². The predicted octanol–water partition coefficient (Wildman–Crippen LogP) is 4.76. The van der Waals surface area contributed by atoms with Crippen LogP contribution in [-0.2, 0) is 4.74 Å². The molecule has 2 heterocycles. The summed E-state index contributed by atoms with van der Waals surface area (Å²) >= 11 is 0. The summed E-state index contributed by atoms with van der Waals surface area (Å²) < 4.78 is 10.7. The van der Waals surface area contributed by atoms with Gasteiger partial charge in [0.2, 0.25) is 0 Å². The van der Waals surface area contributed by atoms with Crippen LogP contribution in [0.4, 0.5) is 0 Å². The molecule has 0 aliphatic carbocycles. The zero-order valence-electron chi connectivity index (χ0n) is 21.2. The average molecular weight is 499 g/mol. The van der Waals surface area contributed by atoms with Gasteiger partial charge in [0.1, 0.15) is 6.04 Å². The number of nitrogens with zero attached hydrogens (tertiary/aromatic N) is 2. The zero-order chi connectivity index (χ0) is 26.2. The highest BCUT2D eigenvalue weighted by atomic mass is 16.6. The van der Waals surface area contributed by atoms with E-state index in [2.05, 4.69) is 6.92 Å². The van der Waals surface area contributed by atoms with Crippen molar-refractivity contribution in [2.45, 2.75) is 84.6 Å². The van der Waals surface area contributed by atoms with Crippen LogP contribution in [0.15, 0.2) is 33.6 Å². The smallest absolute Gasteiger partial charge is 0.362 e. The number of aromatic nitrogens is 1. The number of benzene rings is 1. The fourth-order valence-corrected chi connectivity index (χ4v) is 4.50. The van der Waals surface area contributed by atoms with Crippen LogP contribution >= 0.6 is 0 Å². The van der Waals surface area contributed by atoms with Gasteiger partial charge in [-0.2, -0.15) is 0 Å². The van der Waals surface area contributed by atoms with Gasteiger partial charge in [-0.25, -0.2) is 9.59 Å². The van der Waals surface area contributed by atoms with Gasteiger partial charge in [0.05, 0.1) is 23.3 Å². The first-order valence-electron chi connectivity index (χ1n) is 12.7. The van der Waals surface area contributed by atoms with Crippen molar-refractivity contribution in [3.05, 3.63) is 57.1 Å². The SMILES string of the molecule is CCCCCCCCCC[C@H](C(=O)n1oc(=O)c(C)c1C(=O)OCC)N1C(=O)c2ccccc2C1=O. The first kappa shape index (κ1) is 27.1. The molecule has 9 heteroatoms. The number of hydrogen-bond acceptors (Lipinski definition) is 7. The van der Waals surface area contributed by atoms with Crippen LogP contribution in [0.25, 0.3) is 0 Å². The highest BCUT2D eigenvalue weighted by Gasteiger charge is 2.44. The van der Waals surface area contributed by atoms with Crippen LogP contribution in [0.2, 0.25) is 0 Å². The first-order chi connectivity index (χ1) is 17.3. The van der Waals surface area contributed by atoms with E-state index in [1.807, 2.05) is 0 Å². The minimum atomic E-state index is -1.24. The lowest BCUT2D eigenvalue weighted by atomic mass is 10.0. The molecule has 9 nitrogen and oxygen atoms in total. The Morgan fingerprint density at radius 2 is 1.44 bits per heavy atom. The van der Waals surface area contributed by atoms with Crippen LogP contribution in [-0.4, -0.2) is 46.0 Å². The summed E-state index contributed by atoms with van der Waals surface area (Å²) in [5, 5.41) is 0. The van der Waals surface area contributed by atoms with Gasteiger partial charge in [-0.1, -0.05) is 70.4 Å². The second kappa shape index (κ2) is 12.5. The summed E-state index contributed by atoms with van der Waals surface area (Å²) in [6.45, 7) is 5.16. The largest absolute Gasteiger partial charge is 0.461 e. The summed E-state index contributed by atoms with van der Waals surface area (Å²) in [4.78, 5) is 65.7. The molecule has 0 spiro atoms.